The van der Waals surface area contributed by atoms with Crippen molar-refractivity contribution in [3.05, 3.63) is 59.8 Å². The molecule has 0 saturated heterocycles. The maximum Gasteiger partial charge on any atom is 0.117 e. The lowest BCUT2D eigenvalue weighted by atomic mass is 10.3. The first kappa shape index (κ1) is 12.1. The Hall–Kier alpha value is -1.98. The van der Waals surface area contributed by atoms with Crippen LogP contribution in [0.2, 0.25) is 0 Å². The molecule has 0 aliphatic heterocycles. The molecule has 0 spiro atoms. The van der Waals surface area contributed by atoms with Crippen molar-refractivity contribution in [1.29, 1.82) is 0 Å². The normalized spacial score (nSPS) is 10.7. The number of hydrogen-bond acceptors (Lipinski definition) is 5. The standard InChI is InChI=1S/C14H13N3OS/c1-2-6-16-12(5-1)13-9-17-14(19-13)10-15-8-11-4-3-7-18-11/h1-7,9,15H,8,10H2. The first-order valence-electron chi connectivity index (χ1n) is 6.01. The molecule has 0 saturated carbocycles. The van der Waals surface area contributed by atoms with Crippen molar-refractivity contribution >= 4 is 11.3 Å². The van der Waals surface area contributed by atoms with Crippen LogP contribution < -0.4 is 5.32 Å². The molecule has 0 amide bonds. The monoisotopic (exact) mass is 271 g/mol. The molecule has 0 aliphatic rings. The third kappa shape index (κ3) is 3.07. The molecule has 0 aliphatic carbocycles. The van der Waals surface area contributed by atoms with Gasteiger partial charge in [-0.25, -0.2) is 4.98 Å². The number of rotatable bonds is 5. The van der Waals surface area contributed by atoms with E-state index in [9.17, 15) is 0 Å². The molecule has 0 radical (unpaired) electrons. The number of furan rings is 1. The minimum Gasteiger partial charge on any atom is -0.468 e. The predicted octanol–water partition coefficient (Wildman–Crippen LogP) is 3.09. The Morgan fingerprint density at radius 2 is 2.11 bits per heavy atom. The van der Waals surface area contributed by atoms with Gasteiger partial charge in [0.2, 0.25) is 0 Å². The van der Waals surface area contributed by atoms with Gasteiger partial charge < -0.3 is 9.73 Å². The fourth-order valence-electron chi connectivity index (χ4n) is 1.72. The minimum absolute atomic E-state index is 0.714. The van der Waals surface area contributed by atoms with E-state index in [-0.39, 0.29) is 0 Å². The second-order valence-corrected chi connectivity index (χ2v) is 5.13. The van der Waals surface area contributed by atoms with Gasteiger partial charge in [-0.2, -0.15) is 0 Å². The van der Waals surface area contributed by atoms with Gasteiger partial charge in [-0.3, -0.25) is 4.98 Å². The van der Waals surface area contributed by atoms with Crippen molar-refractivity contribution in [2.45, 2.75) is 13.1 Å². The summed E-state index contributed by atoms with van der Waals surface area (Å²) in [5.41, 5.74) is 0.970. The van der Waals surface area contributed by atoms with Gasteiger partial charge >= 0.3 is 0 Å². The maximum absolute atomic E-state index is 5.26. The smallest absolute Gasteiger partial charge is 0.117 e. The van der Waals surface area contributed by atoms with E-state index in [0.717, 1.165) is 27.9 Å². The van der Waals surface area contributed by atoms with E-state index in [1.807, 2.05) is 36.5 Å². The molecule has 19 heavy (non-hydrogen) atoms. The van der Waals surface area contributed by atoms with Gasteiger partial charge in [-0.05, 0) is 24.3 Å². The van der Waals surface area contributed by atoms with Gasteiger partial charge in [0.25, 0.3) is 0 Å². The average molecular weight is 271 g/mol. The topological polar surface area (TPSA) is 51.0 Å². The van der Waals surface area contributed by atoms with Crippen molar-refractivity contribution in [1.82, 2.24) is 15.3 Å². The lowest BCUT2D eigenvalue weighted by Crippen LogP contribution is -2.11. The summed E-state index contributed by atoms with van der Waals surface area (Å²) < 4.78 is 5.26. The second kappa shape index (κ2) is 5.77. The van der Waals surface area contributed by atoms with E-state index in [0.29, 0.717) is 6.54 Å². The molecular weight excluding hydrogens is 258 g/mol. The quantitative estimate of drug-likeness (QED) is 0.774. The molecule has 3 heterocycles. The number of aromatic nitrogens is 2. The molecule has 3 aromatic heterocycles. The molecule has 1 N–H and O–H groups in total. The van der Waals surface area contributed by atoms with Crippen LogP contribution >= 0.6 is 11.3 Å². The summed E-state index contributed by atoms with van der Waals surface area (Å²) in [5.74, 6) is 0.932. The van der Waals surface area contributed by atoms with Crippen LogP contribution in [0.15, 0.2) is 53.4 Å². The molecule has 0 bridgehead atoms. The zero-order chi connectivity index (χ0) is 12.9. The highest BCUT2D eigenvalue weighted by Gasteiger charge is 2.05. The Kier molecular flexibility index (Phi) is 3.67. The zero-order valence-electron chi connectivity index (χ0n) is 10.2. The Morgan fingerprint density at radius 1 is 1.11 bits per heavy atom. The van der Waals surface area contributed by atoms with Crippen LogP contribution in [0.1, 0.15) is 10.8 Å². The van der Waals surface area contributed by atoms with Crippen molar-refractivity contribution in [2.75, 3.05) is 0 Å². The van der Waals surface area contributed by atoms with E-state index in [1.54, 1.807) is 23.8 Å². The Morgan fingerprint density at radius 3 is 2.89 bits per heavy atom. The van der Waals surface area contributed by atoms with Crippen LogP contribution in [0.5, 0.6) is 0 Å². The molecule has 3 rings (SSSR count). The Balaban J connectivity index is 1.59. The van der Waals surface area contributed by atoms with Gasteiger partial charge in [0.15, 0.2) is 0 Å². The molecule has 4 nitrogen and oxygen atoms in total. The van der Waals surface area contributed by atoms with E-state index < -0.39 is 0 Å². The van der Waals surface area contributed by atoms with Crippen molar-refractivity contribution in [3.63, 3.8) is 0 Å². The molecular formula is C14H13N3OS. The van der Waals surface area contributed by atoms with Crippen LogP contribution in [0.3, 0.4) is 0 Å². The first-order valence-corrected chi connectivity index (χ1v) is 6.83. The summed E-state index contributed by atoms with van der Waals surface area (Å²) >= 11 is 1.66. The molecule has 5 heteroatoms. The zero-order valence-corrected chi connectivity index (χ0v) is 11.1. The Bertz CT molecular complexity index is 619. The SMILES string of the molecule is c1ccc(-c2cnc(CNCc3ccco3)s2)nc1. The molecule has 0 aromatic carbocycles. The van der Waals surface area contributed by atoms with Crippen molar-refractivity contribution < 1.29 is 4.42 Å². The molecule has 3 aromatic rings. The molecule has 96 valence electrons. The fourth-order valence-corrected chi connectivity index (χ4v) is 2.59. The van der Waals surface area contributed by atoms with Gasteiger partial charge in [0.05, 0.1) is 23.4 Å². The molecule has 0 unspecified atom stereocenters. The number of thiazole rings is 1. The van der Waals surface area contributed by atoms with Crippen LogP contribution in [-0.4, -0.2) is 9.97 Å². The van der Waals surface area contributed by atoms with Crippen LogP contribution in [0.4, 0.5) is 0 Å². The third-order valence-corrected chi connectivity index (χ3v) is 3.65. The second-order valence-electron chi connectivity index (χ2n) is 4.02. The van der Waals surface area contributed by atoms with E-state index in [4.69, 9.17) is 4.42 Å². The lowest BCUT2D eigenvalue weighted by Gasteiger charge is -1.98. The van der Waals surface area contributed by atoms with Gasteiger partial charge in [-0.15, -0.1) is 11.3 Å². The lowest BCUT2D eigenvalue weighted by molar-refractivity contribution is 0.483. The van der Waals surface area contributed by atoms with E-state index in [1.165, 1.54) is 0 Å². The van der Waals surface area contributed by atoms with Crippen molar-refractivity contribution in [2.24, 2.45) is 0 Å². The number of nitrogens with zero attached hydrogens (tertiary/aromatic N) is 2. The summed E-state index contributed by atoms with van der Waals surface area (Å²) in [6, 6.07) is 9.73. The fraction of sp³-hybridized carbons (Fsp3) is 0.143. The molecule has 0 atom stereocenters. The summed E-state index contributed by atoms with van der Waals surface area (Å²) in [5, 5.41) is 4.35. The number of hydrogen-bond donors (Lipinski definition) is 1. The van der Waals surface area contributed by atoms with E-state index >= 15 is 0 Å². The first-order chi connectivity index (χ1) is 9.42. The van der Waals surface area contributed by atoms with Crippen LogP contribution in [0.25, 0.3) is 10.6 Å². The summed E-state index contributed by atoms with van der Waals surface area (Å²) in [4.78, 5) is 9.81. The van der Waals surface area contributed by atoms with Gasteiger partial charge in [0.1, 0.15) is 10.8 Å². The highest BCUT2D eigenvalue weighted by Crippen LogP contribution is 2.23. The maximum atomic E-state index is 5.26. The number of nitrogens with one attached hydrogen (secondary N) is 1. The van der Waals surface area contributed by atoms with Crippen LogP contribution in [0, 0.1) is 0 Å². The average Bonchev–Trinajstić information content (AvgIpc) is 3.11. The summed E-state index contributed by atoms with van der Waals surface area (Å²) in [7, 11) is 0. The Labute approximate surface area is 115 Å². The van der Waals surface area contributed by atoms with E-state index in [2.05, 4.69) is 15.3 Å². The third-order valence-electron chi connectivity index (χ3n) is 2.63. The largest absolute Gasteiger partial charge is 0.468 e. The number of pyridine rings is 1. The summed E-state index contributed by atoms with van der Waals surface area (Å²) in [6.45, 7) is 1.45. The van der Waals surface area contributed by atoms with Gasteiger partial charge in [0, 0.05) is 18.9 Å². The van der Waals surface area contributed by atoms with Crippen molar-refractivity contribution in [3.8, 4) is 10.6 Å². The highest BCUT2D eigenvalue weighted by atomic mass is 32.1. The highest BCUT2D eigenvalue weighted by molar-refractivity contribution is 7.15. The molecule has 0 fully saturated rings. The van der Waals surface area contributed by atoms with Gasteiger partial charge in [-0.1, -0.05) is 6.07 Å². The summed E-state index contributed by atoms with van der Waals surface area (Å²) in [6.07, 6.45) is 5.35. The van der Waals surface area contributed by atoms with Crippen LogP contribution in [-0.2, 0) is 13.1 Å². The predicted molar refractivity (Wildman–Crippen MR) is 74.6 cm³/mol. The minimum atomic E-state index is 0.714.